The molecule has 6 nitrogen and oxygen atoms in total. The molecule has 0 spiro atoms. The molecule has 8 heteroatoms. The second-order valence-electron chi connectivity index (χ2n) is 6.47. The van der Waals surface area contributed by atoms with E-state index in [1.165, 1.54) is 0 Å². The van der Waals surface area contributed by atoms with Crippen molar-refractivity contribution in [2.24, 2.45) is 0 Å². The zero-order chi connectivity index (χ0) is 20.6. The summed E-state index contributed by atoms with van der Waals surface area (Å²) in [5.41, 5.74) is 2.00. The summed E-state index contributed by atoms with van der Waals surface area (Å²) in [6.45, 7) is 4.36. The minimum Gasteiger partial charge on any atom is -0.211 e. The minimum atomic E-state index is -3.50. The van der Waals surface area contributed by atoms with Crippen LogP contribution in [0.5, 0.6) is 0 Å². The van der Waals surface area contributed by atoms with Crippen molar-refractivity contribution in [1.29, 1.82) is 0 Å². The molecule has 0 aliphatic heterocycles. The molecule has 152 valence electrons. The third kappa shape index (κ3) is 6.87. The molecule has 0 aromatic heterocycles. The maximum atomic E-state index is 12.1. The van der Waals surface area contributed by atoms with Crippen LogP contribution < -0.4 is 9.44 Å². The molecule has 0 aliphatic rings. The average Bonchev–Trinajstić information content (AvgIpc) is 2.64. The average molecular weight is 423 g/mol. The van der Waals surface area contributed by atoms with Crippen LogP contribution in [-0.4, -0.2) is 29.9 Å². The van der Waals surface area contributed by atoms with Crippen molar-refractivity contribution < 1.29 is 16.8 Å². The molecule has 0 aliphatic carbocycles. The number of hydrogen-bond acceptors (Lipinski definition) is 4. The van der Waals surface area contributed by atoms with Gasteiger partial charge in [-0.15, -0.1) is 0 Å². The van der Waals surface area contributed by atoms with E-state index in [4.69, 9.17) is 0 Å². The van der Waals surface area contributed by atoms with Crippen molar-refractivity contribution in [3.63, 3.8) is 0 Å². The summed E-state index contributed by atoms with van der Waals surface area (Å²) >= 11 is 0. The van der Waals surface area contributed by atoms with Crippen molar-refractivity contribution in [3.05, 3.63) is 71.8 Å². The largest absolute Gasteiger partial charge is 0.240 e. The molecule has 2 N–H and O–H groups in total. The van der Waals surface area contributed by atoms with Gasteiger partial charge in [-0.2, -0.15) is 0 Å². The van der Waals surface area contributed by atoms with Gasteiger partial charge in [-0.1, -0.05) is 47.5 Å². The Kier molecular flexibility index (Phi) is 7.94. The maximum absolute atomic E-state index is 12.1. The van der Waals surface area contributed by atoms with E-state index >= 15 is 0 Å². The number of benzene rings is 2. The van der Waals surface area contributed by atoms with E-state index in [0.29, 0.717) is 12.8 Å². The molecule has 0 bridgehead atoms. The summed E-state index contributed by atoms with van der Waals surface area (Å²) in [7, 11) is -7.01. The van der Waals surface area contributed by atoms with E-state index in [2.05, 4.69) is 9.44 Å². The predicted molar refractivity (Wildman–Crippen MR) is 111 cm³/mol. The Morgan fingerprint density at radius 2 is 0.964 bits per heavy atom. The third-order valence-electron chi connectivity index (χ3n) is 4.04. The van der Waals surface area contributed by atoms with Gasteiger partial charge >= 0.3 is 0 Å². The van der Waals surface area contributed by atoms with Gasteiger partial charge in [0.05, 0.1) is 9.79 Å². The number of nitrogens with one attached hydrogen (secondary N) is 2. The van der Waals surface area contributed by atoms with Gasteiger partial charge in [-0.3, -0.25) is 0 Å². The molecule has 2 aromatic carbocycles. The second kappa shape index (κ2) is 9.97. The van der Waals surface area contributed by atoms with Crippen molar-refractivity contribution >= 4 is 20.0 Å². The van der Waals surface area contributed by atoms with Crippen LogP contribution in [-0.2, 0) is 20.0 Å². The molecule has 0 saturated heterocycles. The molecular weight excluding hydrogens is 396 g/mol. The third-order valence-corrected chi connectivity index (χ3v) is 6.99. The fraction of sp³-hybridized carbons (Fsp3) is 0.300. The standard InChI is InChI=1S/C20H26N2O4S2/c1-17-7-11-19(12-8-17)27(23,24)21-15-5-3-4-6-16-22-28(25,26)20-13-9-18(2)10-14-20/h3-4,7-14,21-22H,5-6,15-16H2,1-2H3/b4-3-. The molecule has 0 unspecified atom stereocenters. The lowest BCUT2D eigenvalue weighted by Gasteiger charge is -2.06. The predicted octanol–water partition coefficient (Wildman–Crippen LogP) is 2.90. The molecule has 2 aromatic rings. The van der Waals surface area contributed by atoms with E-state index in [1.807, 2.05) is 26.0 Å². The van der Waals surface area contributed by atoms with Crippen LogP contribution in [0, 0.1) is 13.8 Å². The highest BCUT2D eigenvalue weighted by atomic mass is 32.2. The fourth-order valence-corrected chi connectivity index (χ4v) is 4.49. The van der Waals surface area contributed by atoms with Crippen LogP contribution in [0.1, 0.15) is 24.0 Å². The Morgan fingerprint density at radius 3 is 1.29 bits per heavy atom. The number of hydrogen-bond donors (Lipinski definition) is 2. The van der Waals surface area contributed by atoms with E-state index < -0.39 is 20.0 Å². The topological polar surface area (TPSA) is 92.3 Å². The maximum Gasteiger partial charge on any atom is 0.240 e. The minimum absolute atomic E-state index is 0.243. The van der Waals surface area contributed by atoms with E-state index in [0.717, 1.165) is 11.1 Å². The van der Waals surface area contributed by atoms with Crippen LogP contribution in [0.3, 0.4) is 0 Å². The van der Waals surface area contributed by atoms with Crippen LogP contribution >= 0.6 is 0 Å². The summed E-state index contributed by atoms with van der Waals surface area (Å²) in [6.07, 6.45) is 4.71. The molecule has 28 heavy (non-hydrogen) atoms. The van der Waals surface area contributed by atoms with Crippen molar-refractivity contribution in [2.75, 3.05) is 13.1 Å². The molecule has 0 amide bonds. The lowest BCUT2D eigenvalue weighted by atomic mass is 10.2. The molecular formula is C20H26N2O4S2. The Morgan fingerprint density at radius 1 is 0.643 bits per heavy atom. The van der Waals surface area contributed by atoms with E-state index in [9.17, 15) is 16.8 Å². The van der Waals surface area contributed by atoms with E-state index in [1.54, 1.807) is 48.5 Å². The van der Waals surface area contributed by atoms with Crippen LogP contribution in [0.4, 0.5) is 0 Å². The summed E-state index contributed by atoms with van der Waals surface area (Å²) < 4.78 is 53.6. The lowest BCUT2D eigenvalue weighted by Crippen LogP contribution is -2.25. The molecule has 2 rings (SSSR count). The fourth-order valence-electron chi connectivity index (χ4n) is 2.39. The first-order valence-corrected chi connectivity index (χ1v) is 11.9. The first-order valence-electron chi connectivity index (χ1n) is 8.98. The summed E-state index contributed by atoms with van der Waals surface area (Å²) in [5.74, 6) is 0. The number of sulfonamides is 2. The molecule has 0 radical (unpaired) electrons. The summed E-state index contributed by atoms with van der Waals surface area (Å²) in [5, 5.41) is 0. The monoisotopic (exact) mass is 422 g/mol. The number of rotatable bonds is 10. The first kappa shape index (κ1) is 22.3. The van der Waals surface area contributed by atoms with Crippen molar-refractivity contribution in [2.45, 2.75) is 36.5 Å². The SMILES string of the molecule is Cc1ccc(S(=O)(=O)NCC/C=C\CCNS(=O)(=O)c2ccc(C)cc2)cc1. The smallest absolute Gasteiger partial charge is 0.211 e. The van der Waals surface area contributed by atoms with Crippen LogP contribution in [0.25, 0.3) is 0 Å². The van der Waals surface area contributed by atoms with Crippen molar-refractivity contribution in [3.8, 4) is 0 Å². The zero-order valence-electron chi connectivity index (χ0n) is 16.1. The van der Waals surface area contributed by atoms with Gasteiger partial charge in [-0.25, -0.2) is 26.3 Å². The Balaban J connectivity index is 1.70. The Hall–Kier alpha value is -2.00. The second-order valence-corrected chi connectivity index (χ2v) is 10.0. The van der Waals surface area contributed by atoms with Gasteiger partial charge in [-0.05, 0) is 51.0 Å². The van der Waals surface area contributed by atoms with Crippen LogP contribution in [0.15, 0.2) is 70.5 Å². The summed E-state index contributed by atoms with van der Waals surface area (Å²) in [6, 6.07) is 13.3. The number of aryl methyl sites for hydroxylation is 2. The van der Waals surface area contributed by atoms with Gasteiger partial charge in [0.1, 0.15) is 0 Å². The highest BCUT2D eigenvalue weighted by molar-refractivity contribution is 7.89. The van der Waals surface area contributed by atoms with Gasteiger partial charge < -0.3 is 0 Å². The zero-order valence-corrected chi connectivity index (χ0v) is 17.7. The highest BCUT2D eigenvalue weighted by Crippen LogP contribution is 2.10. The first-order chi connectivity index (χ1) is 13.2. The highest BCUT2D eigenvalue weighted by Gasteiger charge is 2.13. The molecule has 0 fully saturated rings. The van der Waals surface area contributed by atoms with Gasteiger partial charge in [0.2, 0.25) is 20.0 Å². The van der Waals surface area contributed by atoms with Crippen LogP contribution in [0.2, 0.25) is 0 Å². The van der Waals surface area contributed by atoms with Gasteiger partial charge in [0.15, 0.2) is 0 Å². The molecule has 0 heterocycles. The Bertz CT molecular complexity index is 912. The molecule has 0 saturated carbocycles. The van der Waals surface area contributed by atoms with Crippen molar-refractivity contribution in [1.82, 2.24) is 9.44 Å². The quantitative estimate of drug-likeness (QED) is 0.455. The lowest BCUT2D eigenvalue weighted by molar-refractivity contribution is 0.579. The normalized spacial score (nSPS) is 12.5. The summed E-state index contributed by atoms with van der Waals surface area (Å²) in [4.78, 5) is 0.486. The van der Waals surface area contributed by atoms with Gasteiger partial charge in [0, 0.05) is 13.1 Å². The van der Waals surface area contributed by atoms with E-state index in [-0.39, 0.29) is 22.9 Å². The Labute approximate surface area is 167 Å². The molecule has 0 atom stereocenters. The van der Waals surface area contributed by atoms with Gasteiger partial charge in [0.25, 0.3) is 0 Å².